The molecule has 0 amide bonds. The second-order valence-electron chi connectivity index (χ2n) is 4.80. The zero-order valence-corrected chi connectivity index (χ0v) is 13.0. The number of hydrogen-bond acceptors (Lipinski definition) is 2. The highest BCUT2D eigenvalue weighted by Crippen LogP contribution is 2.15. The summed E-state index contributed by atoms with van der Waals surface area (Å²) in [6, 6.07) is 8.45. The lowest BCUT2D eigenvalue weighted by Crippen LogP contribution is -2.43. The van der Waals surface area contributed by atoms with Gasteiger partial charge in [0.1, 0.15) is 0 Å². The molecule has 0 fully saturated rings. The van der Waals surface area contributed by atoms with Gasteiger partial charge in [0.2, 0.25) is 0 Å². The Morgan fingerprint density at radius 2 is 2.05 bits per heavy atom. The molecule has 2 nitrogen and oxygen atoms in total. The molecule has 0 aliphatic rings. The van der Waals surface area contributed by atoms with Crippen molar-refractivity contribution < 1.29 is 4.74 Å². The fourth-order valence-electron chi connectivity index (χ4n) is 2.32. The number of ether oxygens (including phenoxy) is 1. The lowest BCUT2D eigenvalue weighted by Gasteiger charge is -2.27. The molecule has 19 heavy (non-hydrogen) atoms. The highest BCUT2D eigenvalue weighted by molar-refractivity contribution is 6.30. The SMILES string of the molecule is CCCNC(Cc1cccc(Cl)c1)C(CC)OCC. The molecule has 0 radical (unpaired) electrons. The second-order valence-corrected chi connectivity index (χ2v) is 5.23. The van der Waals surface area contributed by atoms with Crippen LogP contribution in [0.5, 0.6) is 0 Å². The predicted molar refractivity (Wildman–Crippen MR) is 82.9 cm³/mol. The van der Waals surface area contributed by atoms with Gasteiger partial charge in [0.05, 0.1) is 6.10 Å². The average Bonchev–Trinajstić information content (AvgIpc) is 2.41. The van der Waals surface area contributed by atoms with Gasteiger partial charge in [0.15, 0.2) is 0 Å². The average molecular weight is 284 g/mol. The molecule has 2 atom stereocenters. The van der Waals surface area contributed by atoms with E-state index >= 15 is 0 Å². The molecule has 0 bridgehead atoms. The summed E-state index contributed by atoms with van der Waals surface area (Å²) in [5, 5.41) is 4.41. The van der Waals surface area contributed by atoms with Gasteiger partial charge in [0.25, 0.3) is 0 Å². The smallest absolute Gasteiger partial charge is 0.0728 e. The molecule has 0 saturated carbocycles. The summed E-state index contributed by atoms with van der Waals surface area (Å²) >= 11 is 6.06. The van der Waals surface area contributed by atoms with E-state index < -0.39 is 0 Å². The first kappa shape index (κ1) is 16.5. The number of benzene rings is 1. The third-order valence-electron chi connectivity index (χ3n) is 3.23. The lowest BCUT2D eigenvalue weighted by molar-refractivity contribution is 0.0320. The Labute approximate surface area is 122 Å². The Kier molecular flexibility index (Phi) is 8.11. The minimum Gasteiger partial charge on any atom is -0.377 e. The Morgan fingerprint density at radius 3 is 2.63 bits per heavy atom. The maximum absolute atomic E-state index is 6.06. The van der Waals surface area contributed by atoms with Crippen molar-refractivity contribution in [2.24, 2.45) is 0 Å². The van der Waals surface area contributed by atoms with E-state index in [1.807, 2.05) is 18.2 Å². The van der Waals surface area contributed by atoms with Gasteiger partial charge in [-0.2, -0.15) is 0 Å². The monoisotopic (exact) mass is 283 g/mol. The molecular formula is C16H26ClNO. The molecule has 0 spiro atoms. The molecule has 1 aromatic rings. The Bertz CT molecular complexity index is 356. The van der Waals surface area contributed by atoms with Crippen LogP contribution < -0.4 is 5.32 Å². The summed E-state index contributed by atoms with van der Waals surface area (Å²) in [7, 11) is 0. The van der Waals surface area contributed by atoms with Crippen LogP contribution in [-0.2, 0) is 11.2 Å². The first-order valence-corrected chi connectivity index (χ1v) is 7.68. The Balaban J connectivity index is 2.72. The Morgan fingerprint density at radius 1 is 1.26 bits per heavy atom. The molecule has 0 aliphatic carbocycles. The molecule has 3 heteroatoms. The standard InChI is InChI=1S/C16H26ClNO/c1-4-10-18-15(16(5-2)19-6-3)12-13-8-7-9-14(17)11-13/h7-9,11,15-16,18H,4-6,10,12H2,1-3H3. The van der Waals surface area contributed by atoms with Gasteiger partial charge in [-0.25, -0.2) is 0 Å². The van der Waals surface area contributed by atoms with Crippen molar-refractivity contribution >= 4 is 11.6 Å². The van der Waals surface area contributed by atoms with Gasteiger partial charge in [0, 0.05) is 17.7 Å². The first-order chi connectivity index (χ1) is 9.21. The van der Waals surface area contributed by atoms with E-state index in [1.54, 1.807) is 0 Å². The summed E-state index contributed by atoms with van der Waals surface area (Å²) in [4.78, 5) is 0. The molecule has 1 N–H and O–H groups in total. The fraction of sp³-hybridized carbons (Fsp3) is 0.625. The summed E-state index contributed by atoms with van der Waals surface area (Å²) in [5.74, 6) is 0. The van der Waals surface area contributed by atoms with Crippen LogP contribution in [-0.4, -0.2) is 25.3 Å². The molecule has 0 aromatic heterocycles. The van der Waals surface area contributed by atoms with Crippen LogP contribution in [0.4, 0.5) is 0 Å². The third-order valence-corrected chi connectivity index (χ3v) is 3.47. The zero-order valence-electron chi connectivity index (χ0n) is 12.3. The minimum absolute atomic E-state index is 0.260. The van der Waals surface area contributed by atoms with E-state index in [1.165, 1.54) is 5.56 Å². The quantitative estimate of drug-likeness (QED) is 0.738. The van der Waals surface area contributed by atoms with E-state index in [-0.39, 0.29) is 6.10 Å². The van der Waals surface area contributed by atoms with Crippen molar-refractivity contribution in [2.75, 3.05) is 13.2 Å². The molecule has 1 aromatic carbocycles. The molecule has 108 valence electrons. The van der Waals surface area contributed by atoms with Crippen molar-refractivity contribution in [3.8, 4) is 0 Å². The maximum Gasteiger partial charge on any atom is 0.0728 e. The van der Waals surface area contributed by atoms with Crippen LogP contribution in [0.25, 0.3) is 0 Å². The van der Waals surface area contributed by atoms with Crippen molar-refractivity contribution in [1.82, 2.24) is 5.32 Å². The lowest BCUT2D eigenvalue weighted by atomic mass is 9.99. The van der Waals surface area contributed by atoms with Gasteiger partial charge in [-0.1, -0.05) is 37.6 Å². The van der Waals surface area contributed by atoms with Gasteiger partial charge in [-0.3, -0.25) is 0 Å². The maximum atomic E-state index is 6.06. The van der Waals surface area contributed by atoms with Crippen LogP contribution in [0.3, 0.4) is 0 Å². The van der Waals surface area contributed by atoms with Crippen LogP contribution in [0, 0.1) is 0 Å². The zero-order chi connectivity index (χ0) is 14.1. The van der Waals surface area contributed by atoms with Crippen LogP contribution in [0.2, 0.25) is 5.02 Å². The first-order valence-electron chi connectivity index (χ1n) is 7.30. The van der Waals surface area contributed by atoms with E-state index in [4.69, 9.17) is 16.3 Å². The fourth-order valence-corrected chi connectivity index (χ4v) is 2.53. The second kappa shape index (κ2) is 9.35. The highest BCUT2D eigenvalue weighted by Gasteiger charge is 2.20. The molecule has 0 aliphatic heterocycles. The van der Waals surface area contributed by atoms with E-state index in [9.17, 15) is 0 Å². The predicted octanol–water partition coefficient (Wildman–Crippen LogP) is 4.07. The minimum atomic E-state index is 0.260. The largest absolute Gasteiger partial charge is 0.377 e. The van der Waals surface area contributed by atoms with Gasteiger partial charge >= 0.3 is 0 Å². The summed E-state index contributed by atoms with van der Waals surface area (Å²) < 4.78 is 5.86. The third kappa shape index (κ3) is 5.94. The molecule has 0 saturated heterocycles. The summed E-state index contributed by atoms with van der Waals surface area (Å²) in [6.45, 7) is 8.20. The topological polar surface area (TPSA) is 21.3 Å². The Hall–Kier alpha value is -0.570. The van der Waals surface area contributed by atoms with Crippen LogP contribution in [0.15, 0.2) is 24.3 Å². The van der Waals surface area contributed by atoms with Gasteiger partial charge in [-0.05, 0) is 50.4 Å². The normalized spacial score (nSPS) is 14.3. The number of rotatable bonds is 9. The van der Waals surface area contributed by atoms with Crippen molar-refractivity contribution in [3.63, 3.8) is 0 Å². The van der Waals surface area contributed by atoms with E-state index in [2.05, 4.69) is 32.2 Å². The number of halogens is 1. The van der Waals surface area contributed by atoms with E-state index in [0.717, 1.165) is 37.4 Å². The summed E-state index contributed by atoms with van der Waals surface area (Å²) in [6.07, 6.45) is 3.37. The molecule has 1 rings (SSSR count). The van der Waals surface area contributed by atoms with Crippen LogP contribution in [0.1, 0.15) is 39.2 Å². The highest BCUT2D eigenvalue weighted by atomic mass is 35.5. The summed E-state index contributed by atoms with van der Waals surface area (Å²) in [5.41, 5.74) is 1.26. The number of nitrogens with one attached hydrogen (secondary N) is 1. The molecular weight excluding hydrogens is 258 g/mol. The molecule has 0 heterocycles. The van der Waals surface area contributed by atoms with Crippen molar-refractivity contribution in [3.05, 3.63) is 34.9 Å². The van der Waals surface area contributed by atoms with Crippen molar-refractivity contribution in [1.29, 1.82) is 0 Å². The molecule has 2 unspecified atom stereocenters. The van der Waals surface area contributed by atoms with Crippen molar-refractivity contribution in [2.45, 2.75) is 52.2 Å². The van der Waals surface area contributed by atoms with Gasteiger partial charge in [-0.15, -0.1) is 0 Å². The number of hydrogen-bond donors (Lipinski definition) is 1. The van der Waals surface area contributed by atoms with E-state index in [0.29, 0.717) is 6.04 Å². The van der Waals surface area contributed by atoms with Crippen LogP contribution >= 0.6 is 11.6 Å². The van der Waals surface area contributed by atoms with Gasteiger partial charge < -0.3 is 10.1 Å².